The van der Waals surface area contributed by atoms with Crippen molar-refractivity contribution in [3.05, 3.63) is 24.2 Å². The van der Waals surface area contributed by atoms with Crippen molar-refractivity contribution in [3.63, 3.8) is 0 Å². The van der Waals surface area contributed by atoms with Gasteiger partial charge in [0, 0.05) is 6.42 Å². The van der Waals surface area contributed by atoms with Gasteiger partial charge in [-0.3, -0.25) is 0 Å². The quantitative estimate of drug-likeness (QED) is 0.217. The molecule has 4 N–H and O–H groups in total. The molecule has 1 aromatic rings. The Hall–Kier alpha value is -1.49. The molecule has 0 spiro atoms. The summed E-state index contributed by atoms with van der Waals surface area (Å²) < 4.78 is 5.27. The topological polar surface area (TPSA) is 83.8 Å². The summed E-state index contributed by atoms with van der Waals surface area (Å²) in [5.41, 5.74) is 5.36. The Balaban J connectivity index is 2.07. The summed E-state index contributed by atoms with van der Waals surface area (Å²) in [6.45, 7) is 2.95. The first-order valence-electron chi connectivity index (χ1n) is 5.47. The van der Waals surface area contributed by atoms with E-state index in [1.807, 2.05) is 12.1 Å². The predicted octanol–water partition coefficient (Wildman–Crippen LogP) is 1.85. The maximum Gasteiger partial charge on any atom is 0.139 e. The van der Waals surface area contributed by atoms with Crippen LogP contribution in [0.25, 0.3) is 0 Å². The SMILES string of the molecule is C[C@H](NCCCC/C(N)=N/O)c1ccco1. The average molecular weight is 225 g/mol. The Morgan fingerprint density at radius 2 is 2.44 bits per heavy atom. The monoisotopic (exact) mass is 225 g/mol. The van der Waals surface area contributed by atoms with Gasteiger partial charge in [-0.05, 0) is 38.4 Å². The fourth-order valence-electron chi connectivity index (χ4n) is 1.44. The zero-order valence-corrected chi connectivity index (χ0v) is 9.52. The van der Waals surface area contributed by atoms with Crippen molar-refractivity contribution in [2.45, 2.75) is 32.2 Å². The van der Waals surface area contributed by atoms with Crippen LogP contribution >= 0.6 is 0 Å². The second-order valence-electron chi connectivity index (χ2n) is 3.74. The van der Waals surface area contributed by atoms with E-state index in [9.17, 15) is 0 Å². The minimum Gasteiger partial charge on any atom is -0.468 e. The van der Waals surface area contributed by atoms with E-state index >= 15 is 0 Å². The lowest BCUT2D eigenvalue weighted by Crippen LogP contribution is -2.20. The molecule has 5 heteroatoms. The lowest BCUT2D eigenvalue weighted by atomic mass is 10.2. The highest BCUT2D eigenvalue weighted by molar-refractivity contribution is 5.79. The molecule has 0 saturated carbocycles. The van der Waals surface area contributed by atoms with Gasteiger partial charge in [0.25, 0.3) is 0 Å². The van der Waals surface area contributed by atoms with Crippen LogP contribution in [0.5, 0.6) is 0 Å². The van der Waals surface area contributed by atoms with Crippen LogP contribution in [0.15, 0.2) is 28.0 Å². The Labute approximate surface area is 95.3 Å². The number of nitrogens with zero attached hydrogens (tertiary/aromatic N) is 1. The van der Waals surface area contributed by atoms with Gasteiger partial charge in [0.05, 0.1) is 12.3 Å². The molecule has 5 nitrogen and oxygen atoms in total. The summed E-state index contributed by atoms with van der Waals surface area (Å²) in [7, 11) is 0. The first kappa shape index (κ1) is 12.6. The molecule has 0 fully saturated rings. The molecule has 0 unspecified atom stereocenters. The van der Waals surface area contributed by atoms with Crippen LogP contribution < -0.4 is 11.1 Å². The minimum absolute atomic E-state index is 0.221. The van der Waals surface area contributed by atoms with Crippen molar-refractivity contribution in [1.82, 2.24) is 5.32 Å². The van der Waals surface area contributed by atoms with Gasteiger partial charge in [0.2, 0.25) is 0 Å². The van der Waals surface area contributed by atoms with Crippen LogP contribution in [-0.2, 0) is 0 Å². The van der Waals surface area contributed by atoms with E-state index in [-0.39, 0.29) is 6.04 Å². The molecule has 0 amide bonds. The van der Waals surface area contributed by atoms with E-state index in [2.05, 4.69) is 17.4 Å². The summed E-state index contributed by atoms with van der Waals surface area (Å²) in [5, 5.41) is 14.6. The maximum atomic E-state index is 8.34. The van der Waals surface area contributed by atoms with Gasteiger partial charge in [-0.1, -0.05) is 5.16 Å². The first-order valence-corrected chi connectivity index (χ1v) is 5.47. The smallest absolute Gasteiger partial charge is 0.139 e. The molecule has 0 bridgehead atoms. The molecule has 1 aromatic heterocycles. The molecule has 1 atom stereocenters. The molecule has 1 heterocycles. The average Bonchev–Trinajstić information content (AvgIpc) is 2.81. The third-order valence-electron chi connectivity index (χ3n) is 2.41. The third-order valence-corrected chi connectivity index (χ3v) is 2.41. The Morgan fingerprint density at radius 3 is 3.06 bits per heavy atom. The van der Waals surface area contributed by atoms with Crippen LogP contribution in [-0.4, -0.2) is 17.6 Å². The fourth-order valence-corrected chi connectivity index (χ4v) is 1.44. The third kappa shape index (κ3) is 4.35. The van der Waals surface area contributed by atoms with E-state index in [1.165, 1.54) is 0 Å². The van der Waals surface area contributed by atoms with Crippen LogP contribution in [0.1, 0.15) is 38.0 Å². The number of hydrogen-bond acceptors (Lipinski definition) is 4. The van der Waals surface area contributed by atoms with Crippen molar-refractivity contribution in [1.29, 1.82) is 0 Å². The molecule has 0 radical (unpaired) electrons. The van der Waals surface area contributed by atoms with Crippen molar-refractivity contribution in [2.24, 2.45) is 10.9 Å². The lowest BCUT2D eigenvalue weighted by Gasteiger charge is -2.10. The number of furan rings is 1. The highest BCUT2D eigenvalue weighted by atomic mass is 16.4. The maximum absolute atomic E-state index is 8.34. The van der Waals surface area contributed by atoms with E-state index in [0.29, 0.717) is 12.3 Å². The molecule has 1 rings (SSSR count). The summed E-state index contributed by atoms with van der Waals surface area (Å²) in [5.74, 6) is 1.23. The fraction of sp³-hybridized carbons (Fsp3) is 0.545. The second-order valence-corrected chi connectivity index (χ2v) is 3.74. The number of hydrogen-bond donors (Lipinski definition) is 3. The van der Waals surface area contributed by atoms with Gasteiger partial charge < -0.3 is 20.7 Å². The van der Waals surface area contributed by atoms with E-state index in [1.54, 1.807) is 6.26 Å². The molecular formula is C11H19N3O2. The molecule has 0 aromatic carbocycles. The Bertz CT molecular complexity index is 309. The van der Waals surface area contributed by atoms with Crippen molar-refractivity contribution in [3.8, 4) is 0 Å². The highest BCUT2D eigenvalue weighted by Crippen LogP contribution is 2.11. The van der Waals surface area contributed by atoms with Crippen LogP contribution in [0.3, 0.4) is 0 Å². The number of oxime groups is 1. The van der Waals surface area contributed by atoms with Gasteiger partial charge >= 0.3 is 0 Å². The summed E-state index contributed by atoms with van der Waals surface area (Å²) in [6.07, 6.45) is 4.20. The molecule has 0 saturated heterocycles. The van der Waals surface area contributed by atoms with Crippen molar-refractivity contribution in [2.75, 3.05) is 6.54 Å². The summed E-state index contributed by atoms with van der Waals surface area (Å²) >= 11 is 0. The normalized spacial score (nSPS) is 13.9. The largest absolute Gasteiger partial charge is 0.468 e. The predicted molar refractivity (Wildman–Crippen MR) is 62.4 cm³/mol. The van der Waals surface area contributed by atoms with Crippen molar-refractivity contribution < 1.29 is 9.62 Å². The summed E-state index contributed by atoms with van der Waals surface area (Å²) in [4.78, 5) is 0. The zero-order valence-electron chi connectivity index (χ0n) is 9.52. The number of rotatable bonds is 7. The zero-order chi connectivity index (χ0) is 11.8. The van der Waals surface area contributed by atoms with Gasteiger partial charge in [-0.25, -0.2) is 0 Å². The Kier molecular flexibility index (Phi) is 5.42. The number of nitrogens with two attached hydrogens (primary N) is 1. The van der Waals surface area contributed by atoms with Crippen molar-refractivity contribution >= 4 is 5.84 Å². The van der Waals surface area contributed by atoms with E-state index < -0.39 is 0 Å². The molecule has 0 aliphatic heterocycles. The molecule has 0 aliphatic carbocycles. The van der Waals surface area contributed by atoms with Crippen LogP contribution in [0.4, 0.5) is 0 Å². The molecular weight excluding hydrogens is 206 g/mol. The van der Waals surface area contributed by atoms with Gasteiger partial charge in [-0.2, -0.15) is 0 Å². The van der Waals surface area contributed by atoms with Gasteiger partial charge in [0.1, 0.15) is 11.6 Å². The van der Waals surface area contributed by atoms with Gasteiger partial charge in [-0.15, -0.1) is 0 Å². The Morgan fingerprint density at radius 1 is 1.62 bits per heavy atom. The van der Waals surface area contributed by atoms with E-state index in [0.717, 1.165) is 25.1 Å². The van der Waals surface area contributed by atoms with Crippen LogP contribution in [0, 0.1) is 0 Å². The number of nitrogens with one attached hydrogen (secondary N) is 1. The van der Waals surface area contributed by atoms with Gasteiger partial charge in [0.15, 0.2) is 0 Å². The minimum atomic E-state index is 0.221. The number of unbranched alkanes of at least 4 members (excludes halogenated alkanes) is 1. The standard InChI is InChI=1S/C11H19N3O2/c1-9(10-5-4-8-16-10)13-7-3-2-6-11(12)14-15/h4-5,8-9,13,15H,2-3,6-7H2,1H3,(H2,12,14)/t9-/m0/s1. The second kappa shape index (κ2) is 6.90. The summed E-state index contributed by atoms with van der Waals surface area (Å²) in [6, 6.07) is 4.05. The van der Waals surface area contributed by atoms with E-state index in [4.69, 9.17) is 15.4 Å². The lowest BCUT2D eigenvalue weighted by molar-refractivity contribution is 0.316. The molecule has 0 aliphatic rings. The van der Waals surface area contributed by atoms with Crippen LogP contribution in [0.2, 0.25) is 0 Å². The molecule has 16 heavy (non-hydrogen) atoms. The molecule has 90 valence electrons. The number of amidine groups is 1. The first-order chi connectivity index (χ1) is 7.74. The highest BCUT2D eigenvalue weighted by Gasteiger charge is 2.06.